The molecule has 1 N–H and O–H groups in total. The van der Waals surface area contributed by atoms with Crippen LogP contribution in [0.5, 0.6) is 0 Å². The van der Waals surface area contributed by atoms with Crippen LogP contribution in [0.2, 0.25) is 0 Å². The Hall–Kier alpha value is -4.20. The molecule has 0 aliphatic carbocycles. The number of ether oxygens (including phenoxy) is 1. The minimum atomic E-state index is -0.571. The third-order valence-electron chi connectivity index (χ3n) is 4.94. The molecule has 0 fully saturated rings. The number of nitrogens with zero attached hydrogens (tertiary/aromatic N) is 4. The fourth-order valence-corrected chi connectivity index (χ4v) is 3.26. The largest absolute Gasteiger partial charge is 0.462 e. The molecule has 8 heteroatoms. The normalized spacial score (nSPS) is 10.7. The number of amides is 1. The van der Waals surface area contributed by atoms with Crippen molar-refractivity contribution in [2.24, 2.45) is 0 Å². The van der Waals surface area contributed by atoms with Crippen molar-refractivity contribution in [3.8, 4) is 5.82 Å². The molecule has 4 aromatic rings. The van der Waals surface area contributed by atoms with Crippen molar-refractivity contribution in [2.45, 2.75) is 6.92 Å². The number of benzene rings is 2. The van der Waals surface area contributed by atoms with Gasteiger partial charge in [0.25, 0.3) is 5.91 Å². The summed E-state index contributed by atoms with van der Waals surface area (Å²) < 4.78 is 6.58. The molecular weight excluding hydrogens is 406 g/mol. The number of carbonyl (C=O) groups is 2. The third-order valence-corrected chi connectivity index (χ3v) is 4.94. The highest BCUT2D eigenvalue weighted by Gasteiger charge is 2.22. The first-order chi connectivity index (χ1) is 15.5. The van der Waals surface area contributed by atoms with Crippen LogP contribution < -0.4 is 10.2 Å². The molecule has 32 heavy (non-hydrogen) atoms. The standard InChI is InChI=1S/C24H23N5O3/c1-4-32-24(31)19-15-25-29(21-14-11-16-7-5-6-8-20(16)26-21)22(19)27-23(30)17-9-12-18(13-10-17)28(2)3/h5-15H,4H2,1-3H3,(H,27,30). The van der Waals surface area contributed by atoms with E-state index in [9.17, 15) is 9.59 Å². The number of nitrogens with one attached hydrogen (secondary N) is 1. The van der Waals surface area contributed by atoms with Crippen LogP contribution in [0.25, 0.3) is 16.7 Å². The fraction of sp³-hybridized carbons (Fsp3) is 0.167. The maximum absolute atomic E-state index is 13.0. The Morgan fingerprint density at radius 2 is 1.78 bits per heavy atom. The summed E-state index contributed by atoms with van der Waals surface area (Å²) in [5.41, 5.74) is 2.35. The van der Waals surface area contributed by atoms with E-state index >= 15 is 0 Å². The van der Waals surface area contributed by atoms with Crippen LogP contribution in [-0.4, -0.2) is 47.3 Å². The number of aromatic nitrogens is 3. The number of anilines is 2. The molecule has 0 aliphatic rings. The topological polar surface area (TPSA) is 89.3 Å². The molecule has 0 saturated carbocycles. The molecule has 8 nitrogen and oxygen atoms in total. The number of hydrogen-bond donors (Lipinski definition) is 1. The molecule has 162 valence electrons. The monoisotopic (exact) mass is 429 g/mol. The van der Waals surface area contributed by atoms with E-state index < -0.39 is 5.97 Å². The average Bonchev–Trinajstić information content (AvgIpc) is 3.22. The lowest BCUT2D eigenvalue weighted by Gasteiger charge is -2.13. The minimum Gasteiger partial charge on any atom is -0.462 e. The Kier molecular flexibility index (Phi) is 5.85. The van der Waals surface area contributed by atoms with Crippen molar-refractivity contribution < 1.29 is 14.3 Å². The Morgan fingerprint density at radius 3 is 2.50 bits per heavy atom. The number of carbonyl (C=O) groups excluding carboxylic acids is 2. The maximum atomic E-state index is 13.0. The predicted octanol–water partition coefficient (Wildman–Crippen LogP) is 3.92. The molecule has 0 radical (unpaired) electrons. The van der Waals surface area contributed by atoms with Gasteiger partial charge in [0, 0.05) is 30.7 Å². The summed E-state index contributed by atoms with van der Waals surface area (Å²) in [5, 5.41) is 8.10. The summed E-state index contributed by atoms with van der Waals surface area (Å²) in [6, 6.07) is 18.5. The van der Waals surface area contributed by atoms with Crippen LogP contribution in [0.1, 0.15) is 27.6 Å². The fourth-order valence-electron chi connectivity index (χ4n) is 3.26. The number of rotatable bonds is 6. The van der Waals surface area contributed by atoms with Crippen LogP contribution >= 0.6 is 0 Å². The zero-order valence-corrected chi connectivity index (χ0v) is 18.1. The second kappa shape index (κ2) is 8.89. The zero-order chi connectivity index (χ0) is 22.7. The van der Waals surface area contributed by atoms with E-state index in [0.29, 0.717) is 11.4 Å². The van der Waals surface area contributed by atoms with Gasteiger partial charge in [-0.15, -0.1) is 0 Å². The molecule has 0 unspecified atom stereocenters. The lowest BCUT2D eigenvalue weighted by atomic mass is 10.2. The summed E-state index contributed by atoms with van der Waals surface area (Å²) in [6.45, 7) is 1.93. The van der Waals surface area contributed by atoms with Crippen LogP contribution in [0.3, 0.4) is 0 Å². The molecule has 2 aromatic carbocycles. The first-order valence-electron chi connectivity index (χ1n) is 10.2. The van der Waals surface area contributed by atoms with Crippen LogP contribution in [0, 0.1) is 0 Å². The molecule has 0 aliphatic heterocycles. The van der Waals surface area contributed by atoms with Crippen LogP contribution in [-0.2, 0) is 4.74 Å². The number of esters is 1. The second-order valence-electron chi connectivity index (χ2n) is 7.30. The van der Waals surface area contributed by atoms with Gasteiger partial charge in [-0.05, 0) is 49.4 Å². The smallest absolute Gasteiger partial charge is 0.343 e. The Balaban J connectivity index is 1.73. The van der Waals surface area contributed by atoms with Crippen molar-refractivity contribution in [1.29, 1.82) is 0 Å². The van der Waals surface area contributed by atoms with Crippen molar-refractivity contribution in [3.63, 3.8) is 0 Å². The molecule has 4 rings (SSSR count). The maximum Gasteiger partial charge on any atom is 0.343 e. The number of hydrogen-bond acceptors (Lipinski definition) is 6. The summed E-state index contributed by atoms with van der Waals surface area (Å²) in [6.07, 6.45) is 1.37. The molecule has 1 amide bonds. The van der Waals surface area contributed by atoms with Crippen LogP contribution in [0.15, 0.2) is 66.9 Å². The first-order valence-corrected chi connectivity index (χ1v) is 10.2. The van der Waals surface area contributed by atoms with Crippen molar-refractivity contribution >= 4 is 34.3 Å². The summed E-state index contributed by atoms with van der Waals surface area (Å²) >= 11 is 0. The minimum absolute atomic E-state index is 0.153. The summed E-state index contributed by atoms with van der Waals surface area (Å²) in [7, 11) is 3.85. The Labute approximate surface area is 185 Å². The highest BCUT2D eigenvalue weighted by molar-refractivity contribution is 6.07. The van der Waals surface area contributed by atoms with Gasteiger partial charge in [0.1, 0.15) is 5.56 Å². The van der Waals surface area contributed by atoms with E-state index in [0.717, 1.165) is 16.6 Å². The Bertz CT molecular complexity index is 1280. The number of fused-ring (bicyclic) bond motifs is 1. The second-order valence-corrected chi connectivity index (χ2v) is 7.30. The van der Waals surface area contributed by atoms with Gasteiger partial charge in [0.15, 0.2) is 11.6 Å². The molecule has 0 spiro atoms. The van der Waals surface area contributed by atoms with Gasteiger partial charge >= 0.3 is 5.97 Å². The molecule has 0 atom stereocenters. The number of para-hydroxylation sites is 1. The van der Waals surface area contributed by atoms with E-state index in [1.54, 1.807) is 25.1 Å². The zero-order valence-electron chi connectivity index (χ0n) is 18.1. The molecule has 2 aromatic heterocycles. The highest BCUT2D eigenvalue weighted by Crippen LogP contribution is 2.23. The lowest BCUT2D eigenvalue weighted by Crippen LogP contribution is -2.18. The van der Waals surface area contributed by atoms with E-state index in [4.69, 9.17) is 4.74 Å². The third kappa shape index (κ3) is 4.15. The van der Waals surface area contributed by atoms with E-state index in [1.165, 1.54) is 10.9 Å². The summed E-state index contributed by atoms with van der Waals surface area (Å²) in [5.74, 6) is -0.272. The molecule has 0 bridgehead atoms. The SMILES string of the molecule is CCOC(=O)c1cnn(-c2ccc3ccccc3n2)c1NC(=O)c1ccc(N(C)C)cc1. The van der Waals surface area contributed by atoms with E-state index in [-0.39, 0.29) is 23.9 Å². The summed E-state index contributed by atoms with van der Waals surface area (Å²) in [4.78, 5) is 32.1. The Morgan fingerprint density at radius 1 is 1.03 bits per heavy atom. The highest BCUT2D eigenvalue weighted by atomic mass is 16.5. The average molecular weight is 429 g/mol. The van der Waals surface area contributed by atoms with E-state index in [1.807, 2.05) is 61.5 Å². The van der Waals surface area contributed by atoms with Gasteiger partial charge in [-0.1, -0.05) is 18.2 Å². The van der Waals surface area contributed by atoms with Gasteiger partial charge < -0.3 is 15.0 Å². The van der Waals surface area contributed by atoms with Crippen molar-refractivity contribution in [1.82, 2.24) is 14.8 Å². The van der Waals surface area contributed by atoms with Gasteiger partial charge in [-0.25, -0.2) is 9.78 Å². The van der Waals surface area contributed by atoms with Crippen molar-refractivity contribution in [3.05, 3.63) is 78.0 Å². The lowest BCUT2D eigenvalue weighted by molar-refractivity contribution is 0.0527. The quantitative estimate of drug-likeness (QED) is 0.468. The van der Waals surface area contributed by atoms with E-state index in [2.05, 4.69) is 15.4 Å². The van der Waals surface area contributed by atoms with Gasteiger partial charge in [-0.2, -0.15) is 9.78 Å². The van der Waals surface area contributed by atoms with Gasteiger partial charge in [-0.3, -0.25) is 4.79 Å². The number of pyridine rings is 1. The van der Waals surface area contributed by atoms with Gasteiger partial charge in [0.2, 0.25) is 0 Å². The van der Waals surface area contributed by atoms with Gasteiger partial charge in [0.05, 0.1) is 18.3 Å². The molecular formula is C24H23N5O3. The van der Waals surface area contributed by atoms with Crippen molar-refractivity contribution in [2.75, 3.05) is 30.9 Å². The molecule has 0 saturated heterocycles. The van der Waals surface area contributed by atoms with Crippen LogP contribution in [0.4, 0.5) is 11.5 Å². The predicted molar refractivity (Wildman–Crippen MR) is 124 cm³/mol. The first kappa shape index (κ1) is 21.0. The molecule has 2 heterocycles.